The molecule has 0 atom stereocenters. The molecule has 0 bridgehead atoms. The van der Waals surface area contributed by atoms with Gasteiger partial charge in [-0.05, 0) is 44.0 Å². The van der Waals surface area contributed by atoms with E-state index >= 15 is 0 Å². The van der Waals surface area contributed by atoms with E-state index in [0.29, 0.717) is 19.4 Å². The van der Waals surface area contributed by atoms with E-state index in [1.807, 2.05) is 11.8 Å². The molecule has 2 amide bonds. The SMILES string of the molecule is CCN(CC(=O)O)C1CC(NC(=O)Nc2ccc(C)cc2F)C1. The summed E-state index contributed by atoms with van der Waals surface area (Å²) in [5, 5.41) is 14.1. The standard InChI is InChI=1S/C16H22FN3O3/c1-3-20(9-15(21)22)12-7-11(8-12)18-16(23)19-14-5-4-10(2)6-13(14)17/h4-6,11-12H,3,7-9H2,1-2H3,(H,21,22)(H2,18,19,23). The van der Waals surface area contributed by atoms with Crippen molar-refractivity contribution in [3.8, 4) is 0 Å². The summed E-state index contributed by atoms with van der Waals surface area (Å²) in [6.07, 6.45) is 1.40. The minimum absolute atomic E-state index is 0.00859. The number of hydrogen-bond acceptors (Lipinski definition) is 3. The maximum Gasteiger partial charge on any atom is 0.319 e. The summed E-state index contributed by atoms with van der Waals surface area (Å²) in [5.41, 5.74) is 0.929. The van der Waals surface area contributed by atoms with E-state index in [9.17, 15) is 14.0 Å². The van der Waals surface area contributed by atoms with Gasteiger partial charge in [-0.25, -0.2) is 9.18 Å². The fourth-order valence-corrected chi connectivity index (χ4v) is 2.74. The molecule has 0 aliphatic heterocycles. The Bertz CT molecular complexity index is 588. The minimum Gasteiger partial charge on any atom is -0.480 e. The first-order valence-electron chi connectivity index (χ1n) is 7.68. The van der Waals surface area contributed by atoms with Crippen molar-refractivity contribution in [1.82, 2.24) is 10.2 Å². The molecule has 7 heteroatoms. The van der Waals surface area contributed by atoms with Crippen LogP contribution in [-0.2, 0) is 4.79 Å². The molecule has 0 unspecified atom stereocenters. The van der Waals surface area contributed by atoms with Gasteiger partial charge in [-0.3, -0.25) is 9.69 Å². The van der Waals surface area contributed by atoms with Crippen LogP contribution in [0.3, 0.4) is 0 Å². The second kappa shape index (κ2) is 7.41. The van der Waals surface area contributed by atoms with Crippen LogP contribution in [0.5, 0.6) is 0 Å². The average Bonchev–Trinajstić information content (AvgIpc) is 2.43. The Labute approximate surface area is 134 Å². The van der Waals surface area contributed by atoms with Gasteiger partial charge in [-0.1, -0.05) is 13.0 Å². The Balaban J connectivity index is 1.78. The Morgan fingerprint density at radius 2 is 2.09 bits per heavy atom. The van der Waals surface area contributed by atoms with Crippen LogP contribution in [0.2, 0.25) is 0 Å². The van der Waals surface area contributed by atoms with Gasteiger partial charge in [0.2, 0.25) is 0 Å². The first-order valence-corrected chi connectivity index (χ1v) is 7.68. The Morgan fingerprint density at radius 1 is 1.39 bits per heavy atom. The Kier molecular flexibility index (Phi) is 5.54. The Morgan fingerprint density at radius 3 is 2.65 bits per heavy atom. The molecular weight excluding hydrogens is 301 g/mol. The summed E-state index contributed by atoms with van der Waals surface area (Å²) < 4.78 is 13.7. The quantitative estimate of drug-likeness (QED) is 0.749. The van der Waals surface area contributed by atoms with Gasteiger partial charge in [0.1, 0.15) is 5.82 Å². The number of carboxylic acids is 1. The number of likely N-dealkylation sites (N-methyl/N-ethyl adjacent to an activating group) is 1. The van der Waals surface area contributed by atoms with Crippen molar-refractivity contribution in [2.45, 2.75) is 38.8 Å². The fraction of sp³-hybridized carbons (Fsp3) is 0.500. The van der Waals surface area contributed by atoms with Gasteiger partial charge >= 0.3 is 12.0 Å². The summed E-state index contributed by atoms with van der Waals surface area (Å²) in [5.74, 6) is -1.32. The third-order valence-electron chi connectivity index (χ3n) is 4.08. The second-order valence-electron chi connectivity index (χ2n) is 5.86. The highest BCUT2D eigenvalue weighted by Gasteiger charge is 2.34. The largest absolute Gasteiger partial charge is 0.480 e. The number of nitrogens with zero attached hydrogens (tertiary/aromatic N) is 1. The third-order valence-corrected chi connectivity index (χ3v) is 4.08. The van der Waals surface area contributed by atoms with Crippen LogP contribution in [-0.4, -0.2) is 47.2 Å². The van der Waals surface area contributed by atoms with E-state index in [4.69, 9.17) is 5.11 Å². The summed E-state index contributed by atoms with van der Waals surface area (Å²) in [6.45, 7) is 4.35. The van der Waals surface area contributed by atoms with Crippen molar-refractivity contribution >= 4 is 17.7 Å². The molecule has 0 spiro atoms. The lowest BCUT2D eigenvalue weighted by molar-refractivity contribution is -0.139. The number of nitrogens with one attached hydrogen (secondary N) is 2. The maximum absolute atomic E-state index is 13.7. The maximum atomic E-state index is 13.7. The number of amides is 2. The Hall–Kier alpha value is -2.15. The number of urea groups is 1. The van der Waals surface area contributed by atoms with Crippen LogP contribution in [0.15, 0.2) is 18.2 Å². The van der Waals surface area contributed by atoms with Crippen LogP contribution in [0, 0.1) is 12.7 Å². The van der Waals surface area contributed by atoms with Crippen molar-refractivity contribution in [2.24, 2.45) is 0 Å². The lowest BCUT2D eigenvalue weighted by atomic mass is 9.85. The highest BCUT2D eigenvalue weighted by molar-refractivity contribution is 5.89. The van der Waals surface area contributed by atoms with Crippen LogP contribution in [0.1, 0.15) is 25.3 Å². The number of carbonyl (C=O) groups is 2. The first kappa shape index (κ1) is 17.2. The van der Waals surface area contributed by atoms with E-state index < -0.39 is 17.8 Å². The van der Waals surface area contributed by atoms with Gasteiger partial charge in [-0.2, -0.15) is 0 Å². The topological polar surface area (TPSA) is 81.7 Å². The molecule has 1 aliphatic carbocycles. The zero-order chi connectivity index (χ0) is 17.0. The van der Waals surface area contributed by atoms with E-state index in [1.165, 1.54) is 12.1 Å². The molecule has 0 saturated heterocycles. The monoisotopic (exact) mass is 323 g/mol. The van der Waals surface area contributed by atoms with Crippen molar-refractivity contribution in [2.75, 3.05) is 18.4 Å². The second-order valence-corrected chi connectivity index (χ2v) is 5.86. The smallest absolute Gasteiger partial charge is 0.319 e. The molecule has 23 heavy (non-hydrogen) atoms. The number of benzene rings is 1. The molecule has 126 valence electrons. The van der Waals surface area contributed by atoms with Crippen molar-refractivity contribution in [3.05, 3.63) is 29.6 Å². The van der Waals surface area contributed by atoms with E-state index in [2.05, 4.69) is 10.6 Å². The summed E-state index contributed by atoms with van der Waals surface area (Å²) >= 11 is 0. The molecule has 1 saturated carbocycles. The van der Waals surface area contributed by atoms with Crippen molar-refractivity contribution in [3.63, 3.8) is 0 Å². The normalized spacial score (nSPS) is 20.0. The zero-order valence-electron chi connectivity index (χ0n) is 13.3. The van der Waals surface area contributed by atoms with Crippen molar-refractivity contribution < 1.29 is 19.1 Å². The molecule has 3 N–H and O–H groups in total. The molecule has 2 rings (SSSR count). The van der Waals surface area contributed by atoms with Gasteiger partial charge in [-0.15, -0.1) is 0 Å². The van der Waals surface area contributed by atoms with Gasteiger partial charge in [0.15, 0.2) is 0 Å². The number of rotatable bonds is 6. The van der Waals surface area contributed by atoms with Crippen LogP contribution in [0.25, 0.3) is 0 Å². The predicted molar refractivity (Wildman–Crippen MR) is 85.0 cm³/mol. The molecule has 0 radical (unpaired) electrons. The number of hydrogen-bond donors (Lipinski definition) is 3. The number of carbonyl (C=O) groups excluding carboxylic acids is 1. The summed E-state index contributed by atoms with van der Waals surface area (Å²) in [7, 11) is 0. The van der Waals surface area contributed by atoms with Gasteiger partial charge in [0.05, 0.1) is 12.2 Å². The lowest BCUT2D eigenvalue weighted by Crippen LogP contribution is -2.55. The number of anilines is 1. The number of carboxylic acid groups (broad SMARTS) is 1. The highest BCUT2D eigenvalue weighted by Crippen LogP contribution is 2.25. The zero-order valence-corrected chi connectivity index (χ0v) is 13.3. The van der Waals surface area contributed by atoms with Gasteiger partial charge in [0, 0.05) is 12.1 Å². The predicted octanol–water partition coefficient (Wildman–Crippen LogP) is 2.19. The van der Waals surface area contributed by atoms with Crippen LogP contribution < -0.4 is 10.6 Å². The molecule has 1 fully saturated rings. The lowest BCUT2D eigenvalue weighted by Gasteiger charge is -2.42. The third kappa shape index (κ3) is 4.66. The molecule has 6 nitrogen and oxygen atoms in total. The molecule has 0 heterocycles. The van der Waals surface area contributed by atoms with E-state index in [-0.39, 0.29) is 24.3 Å². The highest BCUT2D eigenvalue weighted by atomic mass is 19.1. The molecule has 1 aromatic rings. The number of aryl methyl sites for hydroxylation is 1. The number of halogens is 1. The summed E-state index contributed by atoms with van der Waals surface area (Å²) in [6, 6.07) is 4.31. The van der Waals surface area contributed by atoms with Gasteiger partial charge < -0.3 is 15.7 Å². The van der Waals surface area contributed by atoms with Crippen LogP contribution in [0.4, 0.5) is 14.9 Å². The van der Waals surface area contributed by atoms with Crippen molar-refractivity contribution in [1.29, 1.82) is 0 Å². The minimum atomic E-state index is -0.851. The van der Waals surface area contributed by atoms with E-state index in [1.54, 1.807) is 13.0 Å². The van der Waals surface area contributed by atoms with Crippen LogP contribution >= 0.6 is 0 Å². The molecule has 1 aliphatic rings. The summed E-state index contributed by atoms with van der Waals surface area (Å²) in [4.78, 5) is 24.5. The molecular formula is C16H22FN3O3. The van der Waals surface area contributed by atoms with E-state index in [0.717, 1.165) is 5.56 Å². The number of aliphatic carboxylic acids is 1. The fourth-order valence-electron chi connectivity index (χ4n) is 2.74. The molecule has 0 aromatic heterocycles. The average molecular weight is 323 g/mol. The first-order chi connectivity index (χ1) is 10.9. The van der Waals surface area contributed by atoms with Gasteiger partial charge in [0.25, 0.3) is 0 Å². The molecule has 1 aromatic carbocycles.